The summed E-state index contributed by atoms with van der Waals surface area (Å²) in [7, 11) is 0. The molecule has 0 aromatic heterocycles. The number of aliphatic carboxylic acids is 1. The molecular formula is C28H34N2O5. The van der Waals surface area contributed by atoms with Gasteiger partial charge in [0.15, 0.2) is 0 Å². The highest BCUT2D eigenvalue weighted by Crippen LogP contribution is 2.44. The lowest BCUT2D eigenvalue weighted by molar-refractivity contribution is -0.148. The molecule has 0 spiro atoms. The van der Waals surface area contributed by atoms with Crippen LogP contribution in [-0.2, 0) is 14.3 Å². The Hall–Kier alpha value is -3.35. The Kier molecular flexibility index (Phi) is 7.43. The van der Waals surface area contributed by atoms with Gasteiger partial charge in [0.05, 0.1) is 5.41 Å². The van der Waals surface area contributed by atoms with E-state index in [1.807, 2.05) is 24.3 Å². The van der Waals surface area contributed by atoms with E-state index in [-0.39, 0.29) is 43.4 Å². The molecule has 3 atom stereocenters. The van der Waals surface area contributed by atoms with E-state index in [0.717, 1.165) is 30.4 Å². The minimum Gasteiger partial charge on any atom is -0.481 e. The van der Waals surface area contributed by atoms with Gasteiger partial charge in [0.2, 0.25) is 5.91 Å². The van der Waals surface area contributed by atoms with Crippen molar-refractivity contribution in [2.45, 2.75) is 57.9 Å². The van der Waals surface area contributed by atoms with Crippen LogP contribution in [0.25, 0.3) is 11.1 Å². The van der Waals surface area contributed by atoms with Gasteiger partial charge in [-0.3, -0.25) is 9.59 Å². The number of hydrogen-bond donors (Lipinski definition) is 3. The maximum atomic E-state index is 12.7. The van der Waals surface area contributed by atoms with Crippen molar-refractivity contribution >= 4 is 18.0 Å². The fourth-order valence-corrected chi connectivity index (χ4v) is 5.22. The van der Waals surface area contributed by atoms with E-state index >= 15 is 0 Å². The highest BCUT2D eigenvalue weighted by atomic mass is 16.5. The first-order valence-electron chi connectivity index (χ1n) is 12.4. The van der Waals surface area contributed by atoms with Gasteiger partial charge >= 0.3 is 12.1 Å². The molecule has 0 heterocycles. The van der Waals surface area contributed by atoms with Crippen LogP contribution in [-0.4, -0.2) is 42.3 Å². The summed E-state index contributed by atoms with van der Waals surface area (Å²) in [5.41, 5.74) is 3.71. The molecule has 3 unspecified atom stereocenters. The van der Waals surface area contributed by atoms with E-state index in [2.05, 4.69) is 34.9 Å². The standard InChI is InChI=1S/C28H34N2O5/c1-3-28(2,26(32)33)17-29-25(31)15-18-9-8-14-24(18)30-27(34)35-16-23-21-12-6-4-10-19(21)20-11-5-7-13-22(20)23/h4-7,10-13,18,23-24H,3,8-9,14-17H2,1-2H3,(H,29,31)(H,30,34)(H,32,33). The van der Waals surface area contributed by atoms with E-state index in [1.165, 1.54) is 11.1 Å². The molecule has 35 heavy (non-hydrogen) atoms. The van der Waals surface area contributed by atoms with Crippen molar-refractivity contribution in [2.24, 2.45) is 11.3 Å². The van der Waals surface area contributed by atoms with E-state index in [4.69, 9.17) is 4.74 Å². The Morgan fingerprint density at radius 3 is 2.26 bits per heavy atom. The summed E-state index contributed by atoms with van der Waals surface area (Å²) in [5.74, 6) is -1.10. The summed E-state index contributed by atoms with van der Waals surface area (Å²) >= 11 is 0. The zero-order valence-corrected chi connectivity index (χ0v) is 20.4. The van der Waals surface area contributed by atoms with Crippen molar-refractivity contribution < 1.29 is 24.2 Å². The molecule has 2 aliphatic rings. The lowest BCUT2D eigenvalue weighted by Gasteiger charge is -2.25. The van der Waals surface area contributed by atoms with Gasteiger partial charge in [0.1, 0.15) is 6.61 Å². The van der Waals surface area contributed by atoms with Gasteiger partial charge in [-0.2, -0.15) is 0 Å². The Balaban J connectivity index is 1.30. The van der Waals surface area contributed by atoms with Crippen LogP contribution >= 0.6 is 0 Å². The Morgan fingerprint density at radius 1 is 1.03 bits per heavy atom. The lowest BCUT2D eigenvalue weighted by atomic mass is 9.87. The zero-order valence-electron chi connectivity index (χ0n) is 20.4. The van der Waals surface area contributed by atoms with Crippen LogP contribution in [0.5, 0.6) is 0 Å². The maximum absolute atomic E-state index is 12.7. The average molecular weight is 479 g/mol. The number of fused-ring (bicyclic) bond motifs is 3. The number of ether oxygens (including phenoxy) is 1. The Bertz CT molecular complexity index is 1050. The molecule has 0 aliphatic heterocycles. The van der Waals surface area contributed by atoms with Crippen molar-refractivity contribution in [3.8, 4) is 11.1 Å². The molecule has 2 aromatic rings. The van der Waals surface area contributed by atoms with Crippen molar-refractivity contribution in [2.75, 3.05) is 13.2 Å². The van der Waals surface area contributed by atoms with E-state index < -0.39 is 17.5 Å². The average Bonchev–Trinajstić information content (AvgIpc) is 3.42. The van der Waals surface area contributed by atoms with Crippen LogP contribution in [0.1, 0.15) is 63.0 Å². The van der Waals surface area contributed by atoms with Crippen molar-refractivity contribution in [3.63, 3.8) is 0 Å². The normalized spacial score (nSPS) is 20.4. The van der Waals surface area contributed by atoms with Gasteiger partial charge in [-0.1, -0.05) is 61.9 Å². The number of alkyl carbamates (subject to hydrolysis) is 1. The number of amides is 2. The molecule has 0 bridgehead atoms. The van der Waals surface area contributed by atoms with Crippen LogP contribution in [0, 0.1) is 11.3 Å². The Morgan fingerprint density at radius 2 is 1.66 bits per heavy atom. The fourth-order valence-electron chi connectivity index (χ4n) is 5.22. The lowest BCUT2D eigenvalue weighted by Crippen LogP contribution is -2.43. The minimum atomic E-state index is -0.982. The van der Waals surface area contributed by atoms with Gasteiger partial charge in [0.25, 0.3) is 0 Å². The summed E-state index contributed by atoms with van der Waals surface area (Å²) in [6, 6.07) is 16.3. The fraction of sp³-hybridized carbons (Fsp3) is 0.464. The first-order chi connectivity index (χ1) is 16.8. The van der Waals surface area contributed by atoms with Gasteiger partial charge in [-0.15, -0.1) is 0 Å². The van der Waals surface area contributed by atoms with Crippen molar-refractivity contribution in [1.29, 1.82) is 0 Å². The summed E-state index contributed by atoms with van der Waals surface area (Å²) in [5, 5.41) is 15.1. The Labute approximate surface area is 206 Å². The molecule has 3 N–H and O–H groups in total. The zero-order chi connectivity index (χ0) is 25.0. The predicted octanol–water partition coefficient (Wildman–Crippen LogP) is 4.70. The molecular weight excluding hydrogens is 444 g/mol. The third kappa shape index (κ3) is 5.34. The summed E-state index contributed by atoms with van der Waals surface area (Å²) in [6.07, 6.45) is 2.78. The summed E-state index contributed by atoms with van der Waals surface area (Å²) < 4.78 is 5.67. The smallest absolute Gasteiger partial charge is 0.407 e. The summed E-state index contributed by atoms with van der Waals surface area (Å²) in [4.78, 5) is 36.6. The molecule has 186 valence electrons. The molecule has 1 saturated carbocycles. The van der Waals surface area contributed by atoms with Gasteiger partial charge in [0, 0.05) is 24.9 Å². The second-order valence-corrected chi connectivity index (χ2v) is 9.97. The topological polar surface area (TPSA) is 105 Å². The third-order valence-electron chi connectivity index (χ3n) is 7.73. The second kappa shape index (κ2) is 10.5. The van der Waals surface area contributed by atoms with Crippen molar-refractivity contribution in [3.05, 3.63) is 59.7 Å². The number of nitrogens with one attached hydrogen (secondary N) is 2. The van der Waals surface area contributed by atoms with Crippen LogP contribution in [0.2, 0.25) is 0 Å². The number of rotatable bonds is 9. The largest absolute Gasteiger partial charge is 0.481 e. The number of carbonyl (C=O) groups excluding carboxylic acids is 2. The molecule has 2 amide bonds. The molecule has 2 aromatic carbocycles. The van der Waals surface area contributed by atoms with Gasteiger partial charge < -0.3 is 20.5 Å². The number of carboxylic acid groups (broad SMARTS) is 1. The third-order valence-corrected chi connectivity index (χ3v) is 7.73. The molecule has 7 heteroatoms. The number of carboxylic acids is 1. The van der Waals surface area contributed by atoms with Gasteiger partial charge in [-0.05, 0) is 54.4 Å². The second-order valence-electron chi connectivity index (χ2n) is 9.97. The van der Waals surface area contributed by atoms with Crippen LogP contribution < -0.4 is 10.6 Å². The number of benzene rings is 2. The molecule has 2 aliphatic carbocycles. The number of carbonyl (C=O) groups is 3. The minimum absolute atomic E-state index is 0.000383. The number of hydrogen-bond acceptors (Lipinski definition) is 4. The highest BCUT2D eigenvalue weighted by Gasteiger charge is 2.34. The van der Waals surface area contributed by atoms with E-state index in [9.17, 15) is 19.5 Å². The molecule has 4 rings (SSSR count). The van der Waals surface area contributed by atoms with E-state index in [0.29, 0.717) is 6.42 Å². The van der Waals surface area contributed by atoms with Crippen molar-refractivity contribution in [1.82, 2.24) is 10.6 Å². The quantitative estimate of drug-likeness (QED) is 0.485. The SMILES string of the molecule is CCC(C)(CNC(=O)CC1CCCC1NC(=O)OCC1c2ccccc2-c2ccccc21)C(=O)O. The molecule has 1 fully saturated rings. The predicted molar refractivity (Wildman–Crippen MR) is 133 cm³/mol. The van der Waals surface area contributed by atoms with Crippen LogP contribution in [0.15, 0.2) is 48.5 Å². The highest BCUT2D eigenvalue weighted by molar-refractivity contribution is 5.80. The van der Waals surface area contributed by atoms with Crippen LogP contribution in [0.3, 0.4) is 0 Å². The first kappa shape index (κ1) is 24.8. The monoisotopic (exact) mass is 478 g/mol. The molecule has 7 nitrogen and oxygen atoms in total. The summed E-state index contributed by atoms with van der Waals surface area (Å²) in [6.45, 7) is 3.77. The van der Waals surface area contributed by atoms with Gasteiger partial charge in [-0.25, -0.2) is 4.79 Å². The van der Waals surface area contributed by atoms with Crippen LogP contribution in [0.4, 0.5) is 4.79 Å². The molecule has 0 radical (unpaired) electrons. The first-order valence-corrected chi connectivity index (χ1v) is 12.4. The van der Waals surface area contributed by atoms with E-state index in [1.54, 1.807) is 13.8 Å². The maximum Gasteiger partial charge on any atom is 0.407 e. The molecule has 0 saturated heterocycles.